The Morgan fingerprint density at radius 3 is 2.27 bits per heavy atom. The quantitative estimate of drug-likeness (QED) is 0.925. The minimum absolute atomic E-state index is 0.0573. The van der Waals surface area contributed by atoms with Crippen LogP contribution < -0.4 is 5.32 Å². The van der Waals surface area contributed by atoms with Crippen molar-refractivity contribution < 1.29 is 4.79 Å². The lowest BCUT2D eigenvalue weighted by Crippen LogP contribution is -2.56. The van der Waals surface area contributed by atoms with Gasteiger partial charge in [0.2, 0.25) is 5.91 Å². The van der Waals surface area contributed by atoms with Crippen molar-refractivity contribution in [2.24, 2.45) is 0 Å². The van der Waals surface area contributed by atoms with Crippen molar-refractivity contribution in [3.63, 3.8) is 0 Å². The standard InChI is InChI=1S/C18H29N3O/c1-15(17(22)19-18(2,3)4)21-12-10-20(11-13-21)14-16-8-6-5-7-9-16/h5-9,15H,10-14H2,1-4H3,(H,19,22)/t15-/m0/s1. The van der Waals surface area contributed by atoms with E-state index < -0.39 is 0 Å². The number of piperazine rings is 1. The third-order valence-electron chi connectivity index (χ3n) is 4.08. The van der Waals surface area contributed by atoms with Gasteiger partial charge in [0.1, 0.15) is 0 Å². The molecule has 1 atom stereocenters. The summed E-state index contributed by atoms with van der Waals surface area (Å²) in [4.78, 5) is 17.0. The summed E-state index contributed by atoms with van der Waals surface area (Å²) < 4.78 is 0. The molecule has 2 rings (SSSR count). The molecular formula is C18H29N3O. The van der Waals surface area contributed by atoms with E-state index in [4.69, 9.17) is 0 Å². The second-order valence-electron chi connectivity index (χ2n) is 7.21. The van der Waals surface area contributed by atoms with Gasteiger partial charge in [-0.1, -0.05) is 30.3 Å². The molecule has 1 aliphatic rings. The van der Waals surface area contributed by atoms with Crippen LogP contribution in [0.15, 0.2) is 30.3 Å². The van der Waals surface area contributed by atoms with Crippen LogP contribution in [0.4, 0.5) is 0 Å². The first-order valence-corrected chi connectivity index (χ1v) is 8.17. The fourth-order valence-corrected chi connectivity index (χ4v) is 2.79. The molecule has 0 spiro atoms. The summed E-state index contributed by atoms with van der Waals surface area (Å²) in [5.74, 6) is 0.129. The van der Waals surface area contributed by atoms with Crippen molar-refractivity contribution >= 4 is 5.91 Å². The van der Waals surface area contributed by atoms with Crippen LogP contribution in [0.2, 0.25) is 0 Å². The summed E-state index contributed by atoms with van der Waals surface area (Å²) >= 11 is 0. The molecule has 1 heterocycles. The molecule has 0 radical (unpaired) electrons. The van der Waals surface area contributed by atoms with Crippen molar-refractivity contribution in [2.75, 3.05) is 26.2 Å². The van der Waals surface area contributed by atoms with E-state index >= 15 is 0 Å². The van der Waals surface area contributed by atoms with E-state index in [1.54, 1.807) is 0 Å². The Labute approximate surface area is 134 Å². The fourth-order valence-electron chi connectivity index (χ4n) is 2.79. The first-order chi connectivity index (χ1) is 10.3. The predicted molar refractivity (Wildman–Crippen MR) is 90.6 cm³/mol. The van der Waals surface area contributed by atoms with Crippen LogP contribution in [0.1, 0.15) is 33.3 Å². The first-order valence-electron chi connectivity index (χ1n) is 8.17. The van der Waals surface area contributed by atoms with Gasteiger partial charge >= 0.3 is 0 Å². The summed E-state index contributed by atoms with van der Waals surface area (Å²) in [5.41, 5.74) is 1.19. The van der Waals surface area contributed by atoms with Crippen molar-refractivity contribution in [2.45, 2.75) is 45.8 Å². The zero-order valence-electron chi connectivity index (χ0n) is 14.3. The van der Waals surface area contributed by atoms with Gasteiger partial charge in [0.15, 0.2) is 0 Å². The van der Waals surface area contributed by atoms with E-state index in [2.05, 4.69) is 45.4 Å². The smallest absolute Gasteiger partial charge is 0.237 e. The number of hydrogen-bond acceptors (Lipinski definition) is 3. The lowest BCUT2D eigenvalue weighted by Gasteiger charge is -2.38. The summed E-state index contributed by atoms with van der Waals surface area (Å²) in [6.07, 6.45) is 0. The number of amides is 1. The summed E-state index contributed by atoms with van der Waals surface area (Å²) in [6.45, 7) is 13.0. The van der Waals surface area contributed by atoms with Crippen LogP contribution in [0.5, 0.6) is 0 Å². The summed E-state index contributed by atoms with van der Waals surface area (Å²) in [7, 11) is 0. The zero-order valence-corrected chi connectivity index (χ0v) is 14.3. The van der Waals surface area contributed by atoms with Gasteiger partial charge in [-0.15, -0.1) is 0 Å². The molecule has 0 bridgehead atoms. The van der Waals surface area contributed by atoms with E-state index in [0.717, 1.165) is 32.7 Å². The number of rotatable bonds is 4. The molecule has 0 saturated carbocycles. The maximum atomic E-state index is 12.3. The number of benzene rings is 1. The first kappa shape index (κ1) is 17.0. The Morgan fingerprint density at radius 1 is 1.14 bits per heavy atom. The number of carbonyl (C=O) groups is 1. The molecule has 1 fully saturated rings. The minimum Gasteiger partial charge on any atom is -0.350 e. The van der Waals surface area contributed by atoms with Gasteiger partial charge < -0.3 is 5.32 Å². The highest BCUT2D eigenvalue weighted by atomic mass is 16.2. The highest BCUT2D eigenvalue weighted by molar-refractivity contribution is 5.81. The molecule has 122 valence electrons. The van der Waals surface area contributed by atoms with Gasteiger partial charge in [-0.2, -0.15) is 0 Å². The van der Waals surface area contributed by atoms with E-state index in [-0.39, 0.29) is 17.5 Å². The van der Waals surface area contributed by atoms with Crippen LogP contribution in [-0.2, 0) is 11.3 Å². The Hall–Kier alpha value is -1.39. The Morgan fingerprint density at radius 2 is 1.73 bits per heavy atom. The fraction of sp³-hybridized carbons (Fsp3) is 0.611. The summed E-state index contributed by atoms with van der Waals surface area (Å²) in [6, 6.07) is 10.5. The molecule has 0 aromatic heterocycles. The Balaban J connectivity index is 1.80. The van der Waals surface area contributed by atoms with E-state index in [1.165, 1.54) is 5.56 Å². The number of carbonyl (C=O) groups excluding carboxylic acids is 1. The molecule has 4 heteroatoms. The molecule has 22 heavy (non-hydrogen) atoms. The van der Waals surface area contributed by atoms with Gasteiger partial charge in [-0.3, -0.25) is 14.6 Å². The lowest BCUT2D eigenvalue weighted by molar-refractivity contribution is -0.128. The maximum Gasteiger partial charge on any atom is 0.237 e. The normalized spacial score (nSPS) is 18.9. The molecule has 1 saturated heterocycles. The molecule has 1 aromatic carbocycles. The van der Waals surface area contributed by atoms with Crippen molar-refractivity contribution in [3.8, 4) is 0 Å². The second kappa shape index (κ2) is 7.25. The van der Waals surface area contributed by atoms with Crippen LogP contribution >= 0.6 is 0 Å². The SMILES string of the molecule is C[C@@H](C(=O)NC(C)(C)C)N1CCN(Cc2ccccc2)CC1. The highest BCUT2D eigenvalue weighted by Gasteiger charge is 2.27. The van der Waals surface area contributed by atoms with Crippen molar-refractivity contribution in [3.05, 3.63) is 35.9 Å². The van der Waals surface area contributed by atoms with Crippen LogP contribution in [-0.4, -0.2) is 53.5 Å². The number of nitrogens with one attached hydrogen (secondary N) is 1. The number of hydrogen-bond donors (Lipinski definition) is 1. The van der Waals surface area contributed by atoms with Gasteiger partial charge in [0, 0.05) is 38.3 Å². The Kier molecular flexibility index (Phi) is 5.59. The lowest BCUT2D eigenvalue weighted by atomic mass is 10.1. The second-order valence-corrected chi connectivity index (χ2v) is 7.21. The van der Waals surface area contributed by atoms with Crippen molar-refractivity contribution in [1.82, 2.24) is 15.1 Å². The number of nitrogens with zero attached hydrogens (tertiary/aromatic N) is 2. The van der Waals surface area contributed by atoms with Crippen LogP contribution in [0, 0.1) is 0 Å². The zero-order chi connectivity index (χ0) is 16.2. The van der Waals surface area contributed by atoms with Crippen molar-refractivity contribution in [1.29, 1.82) is 0 Å². The van der Waals surface area contributed by atoms with Gasteiger partial charge in [0.05, 0.1) is 6.04 Å². The molecule has 0 aliphatic carbocycles. The third-order valence-corrected chi connectivity index (χ3v) is 4.08. The molecule has 1 amide bonds. The predicted octanol–water partition coefficient (Wildman–Crippen LogP) is 2.11. The molecule has 1 aliphatic heterocycles. The molecule has 1 N–H and O–H groups in total. The van der Waals surface area contributed by atoms with Gasteiger partial charge in [0.25, 0.3) is 0 Å². The van der Waals surface area contributed by atoms with Gasteiger partial charge in [-0.05, 0) is 33.3 Å². The molecule has 4 nitrogen and oxygen atoms in total. The average molecular weight is 303 g/mol. The molecule has 0 unspecified atom stereocenters. The largest absolute Gasteiger partial charge is 0.350 e. The van der Waals surface area contributed by atoms with E-state index in [1.807, 2.05) is 27.7 Å². The van der Waals surface area contributed by atoms with Gasteiger partial charge in [-0.25, -0.2) is 0 Å². The van der Waals surface area contributed by atoms with E-state index in [0.29, 0.717) is 0 Å². The minimum atomic E-state index is -0.166. The average Bonchev–Trinajstić information content (AvgIpc) is 2.46. The maximum absolute atomic E-state index is 12.3. The molecular weight excluding hydrogens is 274 g/mol. The Bertz CT molecular complexity index is 473. The molecule has 1 aromatic rings. The van der Waals surface area contributed by atoms with Crippen LogP contribution in [0.25, 0.3) is 0 Å². The van der Waals surface area contributed by atoms with Crippen LogP contribution in [0.3, 0.4) is 0 Å². The topological polar surface area (TPSA) is 35.6 Å². The monoisotopic (exact) mass is 303 g/mol. The third kappa shape index (κ3) is 5.11. The van der Waals surface area contributed by atoms with E-state index in [9.17, 15) is 4.79 Å². The summed E-state index contributed by atoms with van der Waals surface area (Å²) in [5, 5.41) is 3.07. The highest BCUT2D eigenvalue weighted by Crippen LogP contribution is 2.11.